The molecule has 1 fully saturated rings. The zero-order valence-electron chi connectivity index (χ0n) is 17.5. The quantitative estimate of drug-likeness (QED) is 0.284. The normalized spacial score (nSPS) is 16.0. The molecular weight excluding hydrogens is 489 g/mol. The molecule has 0 spiro atoms. The van der Waals surface area contributed by atoms with Crippen LogP contribution in [0.5, 0.6) is 0 Å². The molecule has 162 valence electrons. The number of guanidine groups is 1. The second-order valence-corrected chi connectivity index (χ2v) is 7.19. The third-order valence-electron chi connectivity index (χ3n) is 4.95. The highest BCUT2D eigenvalue weighted by Crippen LogP contribution is 2.19. The summed E-state index contributed by atoms with van der Waals surface area (Å²) in [5, 5.41) is 9.65. The minimum Gasteiger partial charge on any atom is -0.369 e. The van der Waals surface area contributed by atoms with Crippen molar-refractivity contribution in [3.63, 3.8) is 0 Å². The van der Waals surface area contributed by atoms with Crippen LogP contribution in [0, 0.1) is 0 Å². The van der Waals surface area contributed by atoms with Crippen LogP contribution in [0.15, 0.2) is 65.7 Å². The maximum Gasteiger partial charge on any atom is 0.241 e. The molecule has 3 N–H and O–H groups in total. The summed E-state index contributed by atoms with van der Waals surface area (Å²) in [5.74, 6) is 0.640. The van der Waals surface area contributed by atoms with E-state index in [1.165, 1.54) is 11.3 Å². The highest BCUT2D eigenvalue weighted by molar-refractivity contribution is 14.0. The number of carbonyl (C=O) groups excluding carboxylic acids is 1. The molecule has 0 saturated carbocycles. The van der Waals surface area contributed by atoms with Crippen LogP contribution >= 0.6 is 24.0 Å². The highest BCUT2D eigenvalue weighted by atomic mass is 127. The van der Waals surface area contributed by atoms with Crippen molar-refractivity contribution in [3.05, 3.63) is 66.2 Å². The van der Waals surface area contributed by atoms with E-state index < -0.39 is 0 Å². The summed E-state index contributed by atoms with van der Waals surface area (Å²) in [6.07, 6.45) is 1.87. The first-order valence-electron chi connectivity index (χ1n) is 10.4. The van der Waals surface area contributed by atoms with E-state index in [9.17, 15) is 4.79 Å². The molecule has 1 aliphatic rings. The molecule has 7 heteroatoms. The fourth-order valence-corrected chi connectivity index (χ4v) is 3.46. The van der Waals surface area contributed by atoms with Crippen molar-refractivity contribution in [1.82, 2.24) is 16.0 Å². The van der Waals surface area contributed by atoms with Crippen LogP contribution in [0.25, 0.3) is 0 Å². The number of benzene rings is 2. The number of hydrogen-bond donors (Lipinski definition) is 3. The highest BCUT2D eigenvalue weighted by Gasteiger charge is 2.23. The molecule has 1 heterocycles. The van der Waals surface area contributed by atoms with E-state index in [1.54, 1.807) is 0 Å². The van der Waals surface area contributed by atoms with Gasteiger partial charge >= 0.3 is 0 Å². The van der Waals surface area contributed by atoms with Gasteiger partial charge in [-0.2, -0.15) is 0 Å². The Balaban J connectivity index is 0.00000320. The first-order valence-corrected chi connectivity index (χ1v) is 10.4. The van der Waals surface area contributed by atoms with Crippen LogP contribution in [0.3, 0.4) is 0 Å². The van der Waals surface area contributed by atoms with Gasteiger partial charge in [-0.15, -0.1) is 24.0 Å². The van der Waals surface area contributed by atoms with Gasteiger partial charge in [-0.25, -0.2) is 4.99 Å². The summed E-state index contributed by atoms with van der Waals surface area (Å²) in [5.41, 5.74) is 2.46. The second kappa shape index (κ2) is 13.1. The molecule has 1 unspecified atom stereocenters. The molecule has 0 bridgehead atoms. The maximum absolute atomic E-state index is 12.1. The van der Waals surface area contributed by atoms with Gasteiger partial charge in [-0.05, 0) is 37.5 Å². The van der Waals surface area contributed by atoms with Crippen molar-refractivity contribution in [2.24, 2.45) is 4.99 Å². The van der Waals surface area contributed by atoms with Crippen molar-refractivity contribution in [2.75, 3.05) is 37.6 Å². The Hall–Kier alpha value is -2.29. The molecular formula is C23H32IN5O. The first kappa shape index (κ1) is 24.0. The van der Waals surface area contributed by atoms with Crippen LogP contribution in [-0.4, -0.2) is 50.6 Å². The lowest BCUT2D eigenvalue weighted by atomic mass is 10.1. The average molecular weight is 521 g/mol. The molecule has 3 rings (SSSR count). The zero-order chi connectivity index (χ0) is 20.3. The monoisotopic (exact) mass is 521 g/mol. The van der Waals surface area contributed by atoms with Crippen LogP contribution in [-0.2, 0) is 11.2 Å². The zero-order valence-corrected chi connectivity index (χ0v) is 19.8. The van der Waals surface area contributed by atoms with Crippen molar-refractivity contribution in [3.8, 4) is 0 Å². The summed E-state index contributed by atoms with van der Waals surface area (Å²) >= 11 is 0. The first-order chi connectivity index (χ1) is 14.2. The molecule has 0 radical (unpaired) electrons. The van der Waals surface area contributed by atoms with Crippen molar-refractivity contribution in [2.45, 2.75) is 25.8 Å². The molecule has 2 aromatic carbocycles. The smallest absolute Gasteiger partial charge is 0.241 e. The van der Waals surface area contributed by atoms with E-state index in [2.05, 4.69) is 62.2 Å². The molecule has 30 heavy (non-hydrogen) atoms. The number of nitrogens with zero attached hydrogens (tertiary/aromatic N) is 2. The van der Waals surface area contributed by atoms with Gasteiger partial charge in [0.05, 0.1) is 0 Å². The molecule has 2 aromatic rings. The van der Waals surface area contributed by atoms with Crippen LogP contribution in [0.4, 0.5) is 5.69 Å². The van der Waals surface area contributed by atoms with E-state index in [-0.39, 0.29) is 36.4 Å². The van der Waals surface area contributed by atoms with Crippen molar-refractivity contribution in [1.29, 1.82) is 0 Å². The van der Waals surface area contributed by atoms with E-state index in [0.717, 1.165) is 32.5 Å². The molecule has 0 aliphatic carbocycles. The predicted octanol–water partition coefficient (Wildman–Crippen LogP) is 2.80. The topological polar surface area (TPSA) is 68.8 Å². The molecule has 1 amide bonds. The largest absolute Gasteiger partial charge is 0.369 e. The standard InChI is InChI=1S/C23H31N5O.HI/c1-2-24-23(26-17-22(29)25-15-13-19-9-5-3-6-10-19)27-20-14-16-28(18-20)21-11-7-4-8-12-21;/h3-12,20H,2,13-18H2,1H3,(H,25,29)(H2,24,26,27);1H. The van der Waals surface area contributed by atoms with Gasteiger partial charge in [0, 0.05) is 37.9 Å². The fourth-order valence-electron chi connectivity index (χ4n) is 3.46. The van der Waals surface area contributed by atoms with Gasteiger partial charge in [0.1, 0.15) is 6.54 Å². The van der Waals surface area contributed by atoms with Gasteiger partial charge in [0.2, 0.25) is 5.91 Å². The van der Waals surface area contributed by atoms with Crippen LogP contribution < -0.4 is 20.9 Å². The molecule has 1 aliphatic heterocycles. The Morgan fingerprint density at radius 1 is 1.07 bits per heavy atom. The van der Waals surface area contributed by atoms with Crippen molar-refractivity contribution >= 4 is 41.5 Å². The lowest BCUT2D eigenvalue weighted by Gasteiger charge is -2.20. The van der Waals surface area contributed by atoms with E-state index >= 15 is 0 Å². The third kappa shape index (κ3) is 7.85. The Morgan fingerprint density at radius 3 is 2.47 bits per heavy atom. The number of anilines is 1. The summed E-state index contributed by atoms with van der Waals surface area (Å²) in [6.45, 7) is 5.48. The lowest BCUT2D eigenvalue weighted by Crippen LogP contribution is -2.45. The molecule has 6 nitrogen and oxygen atoms in total. The minimum absolute atomic E-state index is 0. The fraction of sp³-hybridized carbons (Fsp3) is 0.391. The Kier molecular flexibility index (Phi) is 10.5. The number of halogens is 1. The van der Waals surface area contributed by atoms with Gasteiger partial charge < -0.3 is 20.9 Å². The lowest BCUT2D eigenvalue weighted by molar-refractivity contribution is -0.119. The van der Waals surface area contributed by atoms with Crippen LogP contribution in [0.1, 0.15) is 18.9 Å². The van der Waals surface area contributed by atoms with Gasteiger partial charge in [0.25, 0.3) is 0 Å². The maximum atomic E-state index is 12.1. The van der Waals surface area contributed by atoms with Crippen LogP contribution in [0.2, 0.25) is 0 Å². The number of hydrogen-bond acceptors (Lipinski definition) is 3. The number of carbonyl (C=O) groups is 1. The Morgan fingerprint density at radius 2 is 1.77 bits per heavy atom. The SMILES string of the molecule is CCNC(=NCC(=O)NCCc1ccccc1)NC1CCN(c2ccccc2)C1.I. The minimum atomic E-state index is -0.0598. The summed E-state index contributed by atoms with van der Waals surface area (Å²) in [6, 6.07) is 20.9. The molecule has 0 aromatic heterocycles. The number of nitrogens with one attached hydrogen (secondary N) is 3. The van der Waals surface area contributed by atoms with E-state index in [0.29, 0.717) is 18.5 Å². The van der Waals surface area contributed by atoms with Gasteiger partial charge in [-0.1, -0.05) is 48.5 Å². The predicted molar refractivity (Wildman–Crippen MR) is 135 cm³/mol. The van der Waals surface area contributed by atoms with Crippen molar-refractivity contribution < 1.29 is 4.79 Å². The Bertz CT molecular complexity index is 785. The number of rotatable bonds is 8. The Labute approximate surface area is 196 Å². The van der Waals surface area contributed by atoms with E-state index in [1.807, 2.05) is 31.2 Å². The molecule has 1 saturated heterocycles. The number of aliphatic imine (C=N–C) groups is 1. The van der Waals surface area contributed by atoms with Gasteiger partial charge in [0.15, 0.2) is 5.96 Å². The number of para-hydroxylation sites is 1. The summed E-state index contributed by atoms with van der Waals surface area (Å²) in [4.78, 5) is 19.0. The average Bonchev–Trinajstić information content (AvgIpc) is 3.22. The number of amides is 1. The van der Waals surface area contributed by atoms with Gasteiger partial charge in [-0.3, -0.25) is 4.79 Å². The third-order valence-corrected chi connectivity index (χ3v) is 4.95. The summed E-state index contributed by atoms with van der Waals surface area (Å²) in [7, 11) is 0. The second-order valence-electron chi connectivity index (χ2n) is 7.19. The molecule has 1 atom stereocenters. The summed E-state index contributed by atoms with van der Waals surface area (Å²) < 4.78 is 0. The van der Waals surface area contributed by atoms with E-state index in [4.69, 9.17) is 0 Å².